The van der Waals surface area contributed by atoms with Gasteiger partial charge in [0.25, 0.3) is 0 Å². The van der Waals surface area contributed by atoms with Gasteiger partial charge in [-0.25, -0.2) is 0 Å². The second-order valence-electron chi connectivity index (χ2n) is 3.23. The molecule has 0 bridgehead atoms. The lowest BCUT2D eigenvalue weighted by Gasteiger charge is -2.21. The highest BCUT2D eigenvalue weighted by atomic mass is 35.5. The van der Waals surface area contributed by atoms with E-state index in [0.717, 1.165) is 25.8 Å². The van der Waals surface area contributed by atoms with E-state index in [1.165, 1.54) is 0 Å². The van der Waals surface area contributed by atoms with E-state index in [-0.39, 0.29) is 17.8 Å². The van der Waals surface area contributed by atoms with Crippen LogP contribution >= 0.6 is 11.6 Å². The number of hydrogen-bond donors (Lipinski definition) is 1. The van der Waals surface area contributed by atoms with Gasteiger partial charge in [-0.2, -0.15) is 0 Å². The molecule has 70 valence electrons. The molecule has 0 spiro atoms. The lowest BCUT2D eigenvalue weighted by Crippen LogP contribution is -2.40. The quantitative estimate of drug-likeness (QED) is 0.615. The highest BCUT2D eigenvalue weighted by Gasteiger charge is 2.18. The zero-order valence-corrected chi connectivity index (χ0v) is 7.89. The fourth-order valence-electron chi connectivity index (χ4n) is 1.49. The van der Waals surface area contributed by atoms with E-state index in [1.807, 2.05) is 0 Å². The van der Waals surface area contributed by atoms with Crippen molar-refractivity contribution in [2.75, 3.05) is 19.0 Å². The summed E-state index contributed by atoms with van der Waals surface area (Å²) in [5.74, 6) is 0.0845. The third kappa shape index (κ3) is 2.64. The minimum Gasteiger partial charge on any atom is -0.340 e. The Balaban J connectivity index is 2.46. The molecule has 0 radical (unpaired) electrons. The summed E-state index contributed by atoms with van der Waals surface area (Å²) < 4.78 is 0. The van der Waals surface area contributed by atoms with Crippen LogP contribution in [0.4, 0.5) is 0 Å². The minimum absolute atomic E-state index is 0.00835. The first-order chi connectivity index (χ1) is 5.74. The number of halogens is 1. The Hall–Kier alpha value is -0.280. The van der Waals surface area contributed by atoms with Gasteiger partial charge in [0, 0.05) is 19.1 Å². The molecule has 3 nitrogen and oxygen atoms in total. The molecule has 1 fully saturated rings. The summed E-state index contributed by atoms with van der Waals surface area (Å²) in [4.78, 5) is 13.0. The van der Waals surface area contributed by atoms with Gasteiger partial charge in [0.05, 0.1) is 0 Å². The van der Waals surface area contributed by atoms with E-state index in [9.17, 15) is 4.79 Å². The Morgan fingerprint density at radius 3 is 3.00 bits per heavy atom. The zero-order valence-electron chi connectivity index (χ0n) is 7.13. The normalized spacial score (nSPS) is 25.2. The maximum absolute atomic E-state index is 11.2. The van der Waals surface area contributed by atoms with Crippen molar-refractivity contribution in [3.63, 3.8) is 0 Å². The summed E-state index contributed by atoms with van der Waals surface area (Å²) in [6.45, 7) is 1.49. The largest absolute Gasteiger partial charge is 0.340 e. The van der Waals surface area contributed by atoms with Gasteiger partial charge in [0.1, 0.15) is 5.88 Å². The first kappa shape index (κ1) is 9.81. The van der Waals surface area contributed by atoms with Crippen molar-refractivity contribution in [3.05, 3.63) is 0 Å². The van der Waals surface area contributed by atoms with Crippen LogP contribution in [0, 0.1) is 0 Å². The van der Waals surface area contributed by atoms with Gasteiger partial charge in [-0.1, -0.05) is 6.42 Å². The van der Waals surface area contributed by atoms with Crippen LogP contribution in [0.1, 0.15) is 19.3 Å². The Bertz CT molecular complexity index is 163. The number of amides is 1. The van der Waals surface area contributed by atoms with Crippen LogP contribution in [0.3, 0.4) is 0 Å². The molecule has 1 unspecified atom stereocenters. The van der Waals surface area contributed by atoms with E-state index < -0.39 is 0 Å². The smallest absolute Gasteiger partial charge is 0.237 e. The first-order valence-corrected chi connectivity index (χ1v) is 4.87. The molecule has 1 atom stereocenters. The monoisotopic (exact) mass is 190 g/mol. The Kier molecular flexibility index (Phi) is 3.82. The number of nitrogens with zero attached hydrogens (tertiary/aromatic N) is 1. The molecule has 1 saturated heterocycles. The lowest BCUT2D eigenvalue weighted by atomic mass is 10.2. The van der Waals surface area contributed by atoms with Crippen LogP contribution in [0.15, 0.2) is 0 Å². The summed E-state index contributed by atoms with van der Waals surface area (Å²) in [5, 5.41) is 0. The van der Waals surface area contributed by atoms with Crippen molar-refractivity contribution in [1.29, 1.82) is 0 Å². The predicted molar refractivity (Wildman–Crippen MR) is 49.1 cm³/mol. The summed E-state index contributed by atoms with van der Waals surface area (Å²) in [7, 11) is 0. The van der Waals surface area contributed by atoms with Gasteiger partial charge in [-0.3, -0.25) is 4.79 Å². The number of alkyl halides is 1. The van der Waals surface area contributed by atoms with E-state index >= 15 is 0 Å². The molecule has 1 amide bonds. The van der Waals surface area contributed by atoms with Crippen LogP contribution in [0.25, 0.3) is 0 Å². The first-order valence-electron chi connectivity index (χ1n) is 4.33. The number of carbonyl (C=O) groups is 1. The molecular weight excluding hydrogens is 176 g/mol. The van der Waals surface area contributed by atoms with Crippen LogP contribution < -0.4 is 5.73 Å². The number of carbonyl (C=O) groups excluding carboxylic acids is 1. The average Bonchev–Trinajstić information content (AvgIpc) is 2.28. The van der Waals surface area contributed by atoms with Gasteiger partial charge in [-0.05, 0) is 12.8 Å². The molecular formula is C8H15ClN2O. The van der Waals surface area contributed by atoms with Crippen LogP contribution in [-0.2, 0) is 4.79 Å². The molecule has 1 aliphatic rings. The standard InChI is InChI=1S/C8H15ClN2O/c9-5-8(12)11-4-2-1-3-7(10)6-11/h7H,1-6,10H2. The molecule has 1 aliphatic heterocycles. The molecule has 0 aliphatic carbocycles. The van der Waals surface area contributed by atoms with E-state index in [4.69, 9.17) is 17.3 Å². The van der Waals surface area contributed by atoms with Gasteiger partial charge in [-0.15, -0.1) is 11.6 Å². The van der Waals surface area contributed by atoms with E-state index in [1.54, 1.807) is 4.90 Å². The number of rotatable bonds is 1. The summed E-state index contributed by atoms with van der Waals surface area (Å²) in [5.41, 5.74) is 5.78. The van der Waals surface area contributed by atoms with Gasteiger partial charge in [0.15, 0.2) is 0 Å². The Morgan fingerprint density at radius 2 is 2.33 bits per heavy atom. The number of hydrogen-bond acceptors (Lipinski definition) is 2. The number of likely N-dealkylation sites (tertiary alicyclic amines) is 1. The predicted octanol–water partition coefficient (Wildman–Crippen LogP) is 0.565. The Morgan fingerprint density at radius 1 is 1.58 bits per heavy atom. The molecule has 2 N–H and O–H groups in total. The maximum Gasteiger partial charge on any atom is 0.237 e. The molecule has 1 rings (SSSR count). The summed E-state index contributed by atoms with van der Waals surface area (Å²) in [6, 6.07) is 0.139. The second-order valence-corrected chi connectivity index (χ2v) is 3.50. The van der Waals surface area contributed by atoms with E-state index in [2.05, 4.69) is 0 Å². The zero-order chi connectivity index (χ0) is 8.97. The molecule has 12 heavy (non-hydrogen) atoms. The molecule has 0 aromatic rings. The van der Waals surface area contributed by atoms with Crippen molar-refractivity contribution in [2.45, 2.75) is 25.3 Å². The fraction of sp³-hybridized carbons (Fsp3) is 0.875. The summed E-state index contributed by atoms with van der Waals surface area (Å²) >= 11 is 5.45. The molecule has 0 aromatic heterocycles. The third-order valence-electron chi connectivity index (χ3n) is 2.17. The van der Waals surface area contributed by atoms with Crippen LogP contribution in [0.2, 0.25) is 0 Å². The van der Waals surface area contributed by atoms with Crippen molar-refractivity contribution in [2.24, 2.45) is 5.73 Å². The van der Waals surface area contributed by atoms with Crippen LogP contribution in [-0.4, -0.2) is 35.8 Å². The topological polar surface area (TPSA) is 46.3 Å². The average molecular weight is 191 g/mol. The van der Waals surface area contributed by atoms with E-state index in [0.29, 0.717) is 6.54 Å². The van der Waals surface area contributed by atoms with Crippen molar-refractivity contribution in [1.82, 2.24) is 4.90 Å². The maximum atomic E-state index is 11.2. The van der Waals surface area contributed by atoms with Gasteiger partial charge in [0.2, 0.25) is 5.91 Å². The molecule has 1 heterocycles. The van der Waals surface area contributed by atoms with Crippen molar-refractivity contribution < 1.29 is 4.79 Å². The Labute approximate surface area is 77.9 Å². The van der Waals surface area contributed by atoms with Gasteiger partial charge < -0.3 is 10.6 Å². The van der Waals surface area contributed by atoms with Crippen LogP contribution in [0.5, 0.6) is 0 Å². The minimum atomic E-state index is 0.00835. The summed E-state index contributed by atoms with van der Waals surface area (Å²) in [6.07, 6.45) is 3.19. The number of nitrogens with two attached hydrogens (primary N) is 1. The SMILES string of the molecule is NC1CCCCN(C(=O)CCl)C1. The molecule has 0 aromatic carbocycles. The molecule has 4 heteroatoms. The third-order valence-corrected chi connectivity index (χ3v) is 2.40. The van der Waals surface area contributed by atoms with Crippen molar-refractivity contribution in [3.8, 4) is 0 Å². The van der Waals surface area contributed by atoms with Gasteiger partial charge >= 0.3 is 0 Å². The highest BCUT2D eigenvalue weighted by molar-refractivity contribution is 6.27. The van der Waals surface area contributed by atoms with Crippen molar-refractivity contribution >= 4 is 17.5 Å². The molecule has 0 saturated carbocycles. The fourth-order valence-corrected chi connectivity index (χ4v) is 1.65. The lowest BCUT2D eigenvalue weighted by molar-refractivity contribution is -0.128. The second kappa shape index (κ2) is 4.67. The highest BCUT2D eigenvalue weighted by Crippen LogP contribution is 2.09.